The molecule has 0 radical (unpaired) electrons. The maximum atomic E-state index is 5.23. The highest BCUT2D eigenvalue weighted by Gasteiger charge is 2.11. The van der Waals surface area contributed by atoms with Crippen molar-refractivity contribution in [2.45, 2.75) is 19.3 Å². The summed E-state index contributed by atoms with van der Waals surface area (Å²) in [6.45, 7) is 3.62. The van der Waals surface area contributed by atoms with Crippen molar-refractivity contribution in [3.63, 3.8) is 0 Å². The van der Waals surface area contributed by atoms with Gasteiger partial charge in [0.1, 0.15) is 6.61 Å². The zero-order valence-electron chi connectivity index (χ0n) is 7.92. The van der Waals surface area contributed by atoms with Gasteiger partial charge in [0.25, 0.3) is 0 Å². The quantitative estimate of drug-likeness (QED) is 0.552. The summed E-state index contributed by atoms with van der Waals surface area (Å²) < 4.78 is 5.23. The SMILES string of the molecule is C#CCOCCC1CCNCC1.Cl. The number of rotatable bonds is 4. The fraction of sp³-hybridized carbons (Fsp3) is 0.800. The summed E-state index contributed by atoms with van der Waals surface area (Å²) >= 11 is 0. The number of terminal acetylenes is 1. The maximum absolute atomic E-state index is 5.23. The summed E-state index contributed by atoms with van der Waals surface area (Å²) in [7, 11) is 0. The predicted molar refractivity (Wildman–Crippen MR) is 57.1 cm³/mol. The average Bonchev–Trinajstić information content (AvgIpc) is 2.14. The van der Waals surface area contributed by atoms with Crippen LogP contribution in [0.25, 0.3) is 0 Å². The molecule has 1 fully saturated rings. The van der Waals surface area contributed by atoms with E-state index < -0.39 is 0 Å². The van der Waals surface area contributed by atoms with Crippen LogP contribution in [0.2, 0.25) is 0 Å². The first-order chi connectivity index (χ1) is 5.93. The highest BCUT2D eigenvalue weighted by atomic mass is 35.5. The van der Waals surface area contributed by atoms with Gasteiger partial charge < -0.3 is 10.1 Å². The molecule has 2 nitrogen and oxygen atoms in total. The lowest BCUT2D eigenvalue weighted by atomic mass is 9.95. The summed E-state index contributed by atoms with van der Waals surface area (Å²) in [5, 5.41) is 3.34. The predicted octanol–water partition coefficient (Wildman–Crippen LogP) is 1.45. The van der Waals surface area contributed by atoms with E-state index in [0.717, 1.165) is 12.5 Å². The van der Waals surface area contributed by atoms with Crippen LogP contribution in [0, 0.1) is 18.3 Å². The average molecular weight is 204 g/mol. The lowest BCUT2D eigenvalue weighted by Crippen LogP contribution is -2.28. The van der Waals surface area contributed by atoms with Gasteiger partial charge in [0.2, 0.25) is 0 Å². The number of hydrogen-bond acceptors (Lipinski definition) is 2. The number of halogens is 1. The summed E-state index contributed by atoms with van der Waals surface area (Å²) in [6.07, 6.45) is 8.81. The van der Waals surface area contributed by atoms with E-state index in [1.54, 1.807) is 0 Å². The van der Waals surface area contributed by atoms with E-state index in [4.69, 9.17) is 11.2 Å². The van der Waals surface area contributed by atoms with Crippen molar-refractivity contribution in [3.8, 4) is 12.3 Å². The van der Waals surface area contributed by atoms with E-state index in [9.17, 15) is 0 Å². The van der Waals surface area contributed by atoms with E-state index in [-0.39, 0.29) is 12.4 Å². The molecule has 0 amide bonds. The summed E-state index contributed by atoms with van der Waals surface area (Å²) in [5.41, 5.74) is 0. The van der Waals surface area contributed by atoms with Crippen LogP contribution in [0.15, 0.2) is 0 Å². The van der Waals surface area contributed by atoms with Gasteiger partial charge in [-0.15, -0.1) is 18.8 Å². The Balaban J connectivity index is 0.00000144. The van der Waals surface area contributed by atoms with E-state index in [0.29, 0.717) is 6.61 Å². The monoisotopic (exact) mass is 203 g/mol. The number of piperidine rings is 1. The van der Waals surface area contributed by atoms with Crippen LogP contribution in [-0.4, -0.2) is 26.3 Å². The highest BCUT2D eigenvalue weighted by Crippen LogP contribution is 2.15. The Bertz CT molecular complexity index is 149. The Hall–Kier alpha value is -0.230. The van der Waals surface area contributed by atoms with Gasteiger partial charge in [0, 0.05) is 6.61 Å². The molecule has 0 saturated carbocycles. The van der Waals surface area contributed by atoms with Crippen LogP contribution < -0.4 is 5.32 Å². The van der Waals surface area contributed by atoms with Crippen LogP contribution in [0.5, 0.6) is 0 Å². The van der Waals surface area contributed by atoms with E-state index in [2.05, 4.69) is 11.2 Å². The third-order valence-corrected chi connectivity index (χ3v) is 2.31. The van der Waals surface area contributed by atoms with E-state index in [1.807, 2.05) is 0 Å². The van der Waals surface area contributed by atoms with Crippen molar-refractivity contribution in [3.05, 3.63) is 0 Å². The largest absolute Gasteiger partial charge is 0.369 e. The van der Waals surface area contributed by atoms with Crippen molar-refractivity contribution < 1.29 is 4.74 Å². The summed E-state index contributed by atoms with van der Waals surface area (Å²) in [6, 6.07) is 0. The Morgan fingerprint density at radius 1 is 1.38 bits per heavy atom. The van der Waals surface area contributed by atoms with Gasteiger partial charge in [0.15, 0.2) is 0 Å². The topological polar surface area (TPSA) is 21.3 Å². The fourth-order valence-electron chi connectivity index (χ4n) is 1.55. The molecule has 0 atom stereocenters. The number of nitrogens with one attached hydrogen (secondary N) is 1. The first-order valence-electron chi connectivity index (χ1n) is 4.65. The van der Waals surface area contributed by atoms with Gasteiger partial charge in [-0.05, 0) is 38.3 Å². The van der Waals surface area contributed by atoms with Crippen LogP contribution in [-0.2, 0) is 4.74 Å². The Morgan fingerprint density at radius 3 is 2.69 bits per heavy atom. The fourth-order valence-corrected chi connectivity index (χ4v) is 1.55. The second kappa shape index (κ2) is 8.37. The van der Waals surface area contributed by atoms with Crippen LogP contribution >= 0.6 is 12.4 Å². The molecule has 0 spiro atoms. The van der Waals surface area contributed by atoms with Gasteiger partial charge >= 0.3 is 0 Å². The first kappa shape index (κ1) is 12.8. The third kappa shape index (κ3) is 5.93. The standard InChI is InChI=1S/C10H17NO.ClH/c1-2-8-12-9-5-10-3-6-11-7-4-10;/h1,10-11H,3-9H2;1H. The molecule has 3 heteroatoms. The lowest BCUT2D eigenvalue weighted by molar-refractivity contribution is 0.142. The smallest absolute Gasteiger partial charge is 0.107 e. The van der Waals surface area contributed by atoms with Crippen LogP contribution in [0.4, 0.5) is 0 Å². The van der Waals surface area contributed by atoms with Crippen molar-refractivity contribution in [1.82, 2.24) is 5.32 Å². The molecule has 0 aromatic heterocycles. The number of ether oxygens (including phenoxy) is 1. The minimum Gasteiger partial charge on any atom is -0.369 e. The van der Waals surface area contributed by atoms with Gasteiger partial charge in [-0.25, -0.2) is 0 Å². The Morgan fingerprint density at radius 2 is 2.08 bits per heavy atom. The third-order valence-electron chi connectivity index (χ3n) is 2.31. The molecule has 1 heterocycles. The molecule has 0 aliphatic carbocycles. The molecule has 0 aromatic carbocycles. The second-order valence-electron chi connectivity index (χ2n) is 3.24. The molecule has 1 aliphatic heterocycles. The normalized spacial score (nSPS) is 17.5. The van der Waals surface area contributed by atoms with E-state index in [1.165, 1.54) is 32.4 Å². The maximum Gasteiger partial charge on any atom is 0.107 e. The van der Waals surface area contributed by atoms with Crippen LogP contribution in [0.3, 0.4) is 0 Å². The zero-order chi connectivity index (χ0) is 8.65. The molecule has 1 saturated heterocycles. The molecule has 0 aromatic rings. The second-order valence-corrected chi connectivity index (χ2v) is 3.24. The van der Waals surface area contributed by atoms with Crippen molar-refractivity contribution in [1.29, 1.82) is 0 Å². The van der Waals surface area contributed by atoms with Crippen molar-refractivity contribution in [2.75, 3.05) is 26.3 Å². The molecule has 0 bridgehead atoms. The Kier molecular flexibility index (Phi) is 8.22. The summed E-state index contributed by atoms with van der Waals surface area (Å²) in [5.74, 6) is 3.32. The van der Waals surface area contributed by atoms with Crippen molar-refractivity contribution in [2.24, 2.45) is 5.92 Å². The van der Waals surface area contributed by atoms with Gasteiger partial charge in [-0.1, -0.05) is 5.92 Å². The first-order valence-corrected chi connectivity index (χ1v) is 4.65. The molecule has 76 valence electrons. The molecule has 1 rings (SSSR count). The molecule has 1 N–H and O–H groups in total. The molecular weight excluding hydrogens is 186 g/mol. The summed E-state index contributed by atoms with van der Waals surface area (Å²) in [4.78, 5) is 0. The van der Waals surface area contributed by atoms with Crippen molar-refractivity contribution >= 4 is 12.4 Å². The minimum atomic E-state index is 0. The molecule has 13 heavy (non-hydrogen) atoms. The van der Waals surface area contributed by atoms with Gasteiger partial charge in [-0.3, -0.25) is 0 Å². The zero-order valence-corrected chi connectivity index (χ0v) is 8.74. The van der Waals surface area contributed by atoms with Gasteiger partial charge in [-0.2, -0.15) is 0 Å². The van der Waals surface area contributed by atoms with E-state index >= 15 is 0 Å². The van der Waals surface area contributed by atoms with Crippen LogP contribution in [0.1, 0.15) is 19.3 Å². The van der Waals surface area contributed by atoms with Gasteiger partial charge in [0.05, 0.1) is 0 Å². The molecular formula is C10H18ClNO. The molecule has 0 unspecified atom stereocenters. The highest BCUT2D eigenvalue weighted by molar-refractivity contribution is 5.85. The Labute approximate surface area is 86.8 Å². The lowest BCUT2D eigenvalue weighted by Gasteiger charge is -2.21. The molecule has 1 aliphatic rings. The number of hydrogen-bond donors (Lipinski definition) is 1. The minimum absolute atomic E-state index is 0.